The van der Waals surface area contributed by atoms with Crippen molar-refractivity contribution in [3.05, 3.63) is 24.0 Å². The van der Waals surface area contributed by atoms with Crippen molar-refractivity contribution in [3.63, 3.8) is 0 Å². The van der Waals surface area contributed by atoms with Gasteiger partial charge in [-0.1, -0.05) is 0 Å². The van der Waals surface area contributed by atoms with E-state index in [4.69, 9.17) is 9.47 Å². The lowest BCUT2D eigenvalue weighted by molar-refractivity contribution is -0.121. The normalized spacial score (nSPS) is 17.2. The molecule has 0 aromatic carbocycles. The van der Waals surface area contributed by atoms with Crippen LogP contribution in [0.4, 0.5) is 0 Å². The van der Waals surface area contributed by atoms with Crippen LogP contribution in [0.5, 0.6) is 5.75 Å². The van der Waals surface area contributed by atoms with Crippen molar-refractivity contribution in [2.24, 2.45) is 0 Å². The Morgan fingerprint density at radius 3 is 3.05 bits per heavy atom. The first-order chi connectivity index (χ1) is 10.2. The molecule has 1 saturated heterocycles. The van der Waals surface area contributed by atoms with Crippen LogP contribution in [0, 0.1) is 0 Å². The molecule has 1 N–H and O–H groups in total. The van der Waals surface area contributed by atoms with E-state index in [2.05, 4.69) is 27.8 Å². The Hall–Kier alpha value is -1.31. The minimum absolute atomic E-state index is 0.161. The summed E-state index contributed by atoms with van der Waals surface area (Å²) in [6, 6.07) is 3.51. The second-order valence-corrected chi connectivity index (χ2v) is 5.20. The number of ether oxygens (including phenoxy) is 2. The van der Waals surface area contributed by atoms with Gasteiger partial charge in [-0.2, -0.15) is 12.6 Å². The van der Waals surface area contributed by atoms with Crippen molar-refractivity contribution in [3.8, 4) is 5.75 Å². The van der Waals surface area contributed by atoms with Gasteiger partial charge in [-0.15, -0.1) is 0 Å². The zero-order valence-electron chi connectivity index (χ0n) is 12.1. The van der Waals surface area contributed by atoms with E-state index in [0.717, 1.165) is 13.1 Å². The van der Waals surface area contributed by atoms with E-state index < -0.39 is 5.25 Å². The number of morpholine rings is 1. The highest BCUT2D eigenvalue weighted by Gasteiger charge is 2.19. The summed E-state index contributed by atoms with van der Waals surface area (Å²) in [6.45, 7) is 6.06. The first-order valence-electron chi connectivity index (χ1n) is 7.05. The van der Waals surface area contributed by atoms with E-state index in [1.165, 1.54) is 0 Å². The Bertz CT molecular complexity index is 467. The first-order valence-corrected chi connectivity index (χ1v) is 7.57. The van der Waals surface area contributed by atoms with Crippen LogP contribution in [0.1, 0.15) is 17.9 Å². The standard InChI is InChI=1S/C14H21N3O3S/c1-2-20-11-3-4-15-12(9-11)13(21)14(18)16-10-17-5-7-19-8-6-17/h3-4,9,13,21H,2,5-8,10H2,1H3,(H,16,18). The summed E-state index contributed by atoms with van der Waals surface area (Å²) in [7, 11) is 0. The number of thiol groups is 1. The highest BCUT2D eigenvalue weighted by molar-refractivity contribution is 7.81. The van der Waals surface area contributed by atoms with E-state index in [1.54, 1.807) is 18.3 Å². The molecule has 0 saturated carbocycles. The van der Waals surface area contributed by atoms with Crippen LogP contribution in [0.2, 0.25) is 0 Å². The molecule has 1 atom stereocenters. The van der Waals surface area contributed by atoms with Gasteiger partial charge in [0.15, 0.2) is 0 Å². The van der Waals surface area contributed by atoms with Gasteiger partial charge in [-0.05, 0) is 13.0 Å². The van der Waals surface area contributed by atoms with Crippen LogP contribution < -0.4 is 10.1 Å². The molecule has 0 bridgehead atoms. The summed E-state index contributed by atoms with van der Waals surface area (Å²) < 4.78 is 10.7. The number of aromatic nitrogens is 1. The maximum Gasteiger partial charge on any atom is 0.239 e. The molecule has 7 heteroatoms. The van der Waals surface area contributed by atoms with Gasteiger partial charge >= 0.3 is 0 Å². The Morgan fingerprint density at radius 1 is 1.57 bits per heavy atom. The molecular formula is C14H21N3O3S. The SMILES string of the molecule is CCOc1ccnc(C(S)C(=O)NCN2CCOCC2)c1. The summed E-state index contributed by atoms with van der Waals surface area (Å²) in [5.74, 6) is 0.536. The summed E-state index contributed by atoms with van der Waals surface area (Å²) in [5, 5.41) is 2.27. The van der Waals surface area contributed by atoms with Gasteiger partial charge in [0, 0.05) is 25.4 Å². The topological polar surface area (TPSA) is 63.7 Å². The third-order valence-electron chi connectivity index (χ3n) is 3.17. The van der Waals surface area contributed by atoms with Crippen molar-refractivity contribution in [2.75, 3.05) is 39.6 Å². The van der Waals surface area contributed by atoms with E-state index in [9.17, 15) is 4.79 Å². The number of carbonyl (C=O) groups excluding carboxylic acids is 1. The molecule has 2 rings (SSSR count). The molecule has 1 unspecified atom stereocenters. The van der Waals surface area contributed by atoms with Gasteiger partial charge in [0.1, 0.15) is 11.0 Å². The number of nitrogens with one attached hydrogen (secondary N) is 1. The largest absolute Gasteiger partial charge is 0.494 e. The van der Waals surface area contributed by atoms with Gasteiger partial charge in [-0.3, -0.25) is 14.7 Å². The Labute approximate surface area is 130 Å². The lowest BCUT2D eigenvalue weighted by Crippen LogP contribution is -2.44. The number of carbonyl (C=O) groups is 1. The average molecular weight is 311 g/mol. The molecule has 1 aromatic rings. The number of amides is 1. The molecular weight excluding hydrogens is 290 g/mol. The fourth-order valence-electron chi connectivity index (χ4n) is 2.01. The summed E-state index contributed by atoms with van der Waals surface area (Å²) in [6.07, 6.45) is 1.62. The monoisotopic (exact) mass is 311 g/mol. The molecule has 2 heterocycles. The van der Waals surface area contributed by atoms with Crippen molar-refractivity contribution >= 4 is 18.5 Å². The highest BCUT2D eigenvalue weighted by atomic mass is 32.1. The molecule has 1 amide bonds. The van der Waals surface area contributed by atoms with Gasteiger partial charge in [-0.25, -0.2) is 0 Å². The highest BCUT2D eigenvalue weighted by Crippen LogP contribution is 2.21. The van der Waals surface area contributed by atoms with Crippen LogP contribution in [0.15, 0.2) is 18.3 Å². The fraction of sp³-hybridized carbons (Fsp3) is 0.571. The minimum atomic E-state index is -0.605. The number of pyridine rings is 1. The van der Waals surface area contributed by atoms with Crippen LogP contribution in [-0.2, 0) is 9.53 Å². The van der Waals surface area contributed by atoms with E-state index >= 15 is 0 Å². The van der Waals surface area contributed by atoms with E-state index in [-0.39, 0.29) is 5.91 Å². The summed E-state index contributed by atoms with van der Waals surface area (Å²) >= 11 is 4.35. The molecule has 1 fully saturated rings. The molecule has 21 heavy (non-hydrogen) atoms. The van der Waals surface area contributed by atoms with Crippen molar-refractivity contribution in [1.82, 2.24) is 15.2 Å². The van der Waals surface area contributed by atoms with Gasteiger partial charge < -0.3 is 14.8 Å². The van der Waals surface area contributed by atoms with Gasteiger partial charge in [0.25, 0.3) is 0 Å². The zero-order chi connectivity index (χ0) is 15.1. The van der Waals surface area contributed by atoms with Crippen molar-refractivity contribution < 1.29 is 14.3 Å². The predicted molar refractivity (Wildman–Crippen MR) is 82.5 cm³/mol. The maximum atomic E-state index is 12.1. The number of rotatable bonds is 6. The van der Waals surface area contributed by atoms with Crippen LogP contribution in [0.25, 0.3) is 0 Å². The maximum absolute atomic E-state index is 12.1. The summed E-state index contributed by atoms with van der Waals surface area (Å²) in [5.41, 5.74) is 0.587. The quantitative estimate of drug-likeness (QED) is 0.763. The Morgan fingerprint density at radius 2 is 2.33 bits per heavy atom. The average Bonchev–Trinajstić information content (AvgIpc) is 2.53. The zero-order valence-corrected chi connectivity index (χ0v) is 13.0. The van der Waals surface area contributed by atoms with E-state index in [1.807, 2.05) is 6.92 Å². The second kappa shape index (κ2) is 8.21. The van der Waals surface area contributed by atoms with Crippen LogP contribution in [-0.4, -0.2) is 55.4 Å². The second-order valence-electron chi connectivity index (χ2n) is 4.68. The lowest BCUT2D eigenvalue weighted by atomic mass is 10.2. The summed E-state index contributed by atoms with van der Waals surface area (Å²) in [4.78, 5) is 18.4. The molecule has 1 aliphatic heterocycles. The fourth-order valence-corrected chi connectivity index (χ4v) is 2.25. The van der Waals surface area contributed by atoms with Gasteiger partial charge in [0.05, 0.1) is 32.2 Å². The number of hydrogen-bond acceptors (Lipinski definition) is 6. The Balaban J connectivity index is 1.87. The third-order valence-corrected chi connectivity index (χ3v) is 3.67. The predicted octanol–water partition coefficient (Wildman–Crippen LogP) is 0.857. The molecule has 1 aliphatic rings. The van der Waals surface area contributed by atoms with Crippen molar-refractivity contribution in [1.29, 1.82) is 0 Å². The van der Waals surface area contributed by atoms with E-state index in [0.29, 0.717) is 37.9 Å². The van der Waals surface area contributed by atoms with Crippen molar-refractivity contribution in [2.45, 2.75) is 12.2 Å². The number of nitrogens with zero attached hydrogens (tertiary/aromatic N) is 2. The molecule has 116 valence electrons. The van der Waals surface area contributed by atoms with Crippen LogP contribution >= 0.6 is 12.6 Å². The third kappa shape index (κ3) is 4.87. The molecule has 0 aliphatic carbocycles. The van der Waals surface area contributed by atoms with Gasteiger partial charge in [0.2, 0.25) is 5.91 Å². The lowest BCUT2D eigenvalue weighted by Gasteiger charge is -2.27. The smallest absolute Gasteiger partial charge is 0.239 e. The van der Waals surface area contributed by atoms with Crippen LogP contribution in [0.3, 0.4) is 0 Å². The first kappa shape index (κ1) is 16.1. The Kier molecular flexibility index (Phi) is 6.28. The minimum Gasteiger partial charge on any atom is -0.494 e. The molecule has 0 spiro atoms. The number of hydrogen-bond donors (Lipinski definition) is 2. The molecule has 6 nitrogen and oxygen atoms in total. The molecule has 0 radical (unpaired) electrons. The molecule has 1 aromatic heterocycles.